The summed E-state index contributed by atoms with van der Waals surface area (Å²) < 4.78 is 15.9. The minimum Gasteiger partial charge on any atom is -0.504 e. The van der Waals surface area contributed by atoms with Gasteiger partial charge in [0.2, 0.25) is 17.2 Å². The number of cyclic esters (lactones) is 1. The highest BCUT2D eigenvalue weighted by molar-refractivity contribution is 6.15. The van der Waals surface area contributed by atoms with Gasteiger partial charge in [-0.3, -0.25) is 0 Å². The third-order valence-electron chi connectivity index (χ3n) is 8.10. The maximum atomic E-state index is 14.1. The second-order valence-corrected chi connectivity index (χ2v) is 10.4. The Morgan fingerprint density at radius 3 is 1.67 bits per heavy atom. The molecule has 3 aromatic rings. The van der Waals surface area contributed by atoms with Gasteiger partial charge in [-0.05, 0) is 6.07 Å². The lowest BCUT2D eigenvalue weighted by Crippen LogP contribution is -2.52. The topological polar surface area (TPSA) is 318 Å². The Morgan fingerprint density at radius 2 is 1.07 bits per heavy atom. The third kappa shape index (κ3) is 3.70. The maximum Gasteiger partial charge on any atom is 0.342 e. The summed E-state index contributed by atoms with van der Waals surface area (Å²) in [5, 5.41) is 119. The Bertz CT molecular complexity index is 1930. The summed E-state index contributed by atoms with van der Waals surface area (Å²) in [5.41, 5.74) is -8.41. The van der Waals surface area contributed by atoms with Gasteiger partial charge in [0.15, 0.2) is 46.7 Å². The number of fused-ring (bicyclic) bond motifs is 4. The van der Waals surface area contributed by atoms with Gasteiger partial charge in [0.1, 0.15) is 24.1 Å². The van der Waals surface area contributed by atoms with Crippen molar-refractivity contribution in [3.8, 4) is 74.0 Å². The molecule has 0 radical (unpaired) electrons. The second-order valence-electron chi connectivity index (χ2n) is 10.4. The lowest BCUT2D eigenvalue weighted by molar-refractivity contribution is -0.141. The van der Waals surface area contributed by atoms with Gasteiger partial charge >= 0.3 is 17.9 Å². The van der Waals surface area contributed by atoms with Crippen LogP contribution in [0.15, 0.2) is 6.07 Å². The Kier molecular flexibility index (Phi) is 6.46. The maximum absolute atomic E-state index is 14.1. The van der Waals surface area contributed by atoms with Gasteiger partial charge in [0, 0.05) is 27.8 Å². The van der Waals surface area contributed by atoms with Gasteiger partial charge in [-0.25, -0.2) is 14.4 Å². The van der Waals surface area contributed by atoms with Gasteiger partial charge in [0.05, 0.1) is 23.7 Å². The molecule has 5 atom stereocenters. The number of aldehydes is 1. The van der Waals surface area contributed by atoms with E-state index in [-0.39, 0.29) is 6.29 Å². The van der Waals surface area contributed by atoms with E-state index in [0.29, 0.717) is 6.07 Å². The Hall–Kier alpha value is -6.14. The van der Waals surface area contributed by atoms with Crippen molar-refractivity contribution in [1.29, 1.82) is 0 Å². The van der Waals surface area contributed by atoms with Gasteiger partial charge < -0.3 is 75.2 Å². The summed E-state index contributed by atoms with van der Waals surface area (Å²) in [6, 6.07) is 0.529. The zero-order chi connectivity index (χ0) is 33.7. The normalized spacial score (nSPS) is 23.1. The number of carbonyl (C=O) groups is 4. The first kappa shape index (κ1) is 29.9. The van der Waals surface area contributed by atoms with Crippen molar-refractivity contribution >= 4 is 24.2 Å². The van der Waals surface area contributed by atoms with Crippen molar-refractivity contribution < 1.29 is 89.6 Å². The predicted octanol–water partition coefficient (Wildman–Crippen LogP) is -0.171. The monoisotopic (exact) mass is 644 g/mol. The van der Waals surface area contributed by atoms with E-state index >= 15 is 0 Å². The molecule has 0 saturated heterocycles. The molecule has 8 bridgehead atoms. The number of hydrogen-bond donors (Lipinski definition) is 11. The third-order valence-corrected chi connectivity index (χ3v) is 8.10. The number of ether oxygens (including phenoxy) is 3. The quantitative estimate of drug-likeness (QED) is 0.0746. The molecule has 0 spiro atoms. The number of carbonyl (C=O) groups excluding carboxylic acids is 4. The molecule has 11 N–H and O–H groups in total. The number of aliphatic hydroxyl groups is 2. The molecule has 0 aliphatic carbocycles. The number of aromatic hydroxyl groups is 9. The van der Waals surface area contributed by atoms with E-state index in [1.807, 2.05) is 0 Å². The van der Waals surface area contributed by atoms with E-state index < -0.39 is 151 Å². The molecule has 46 heavy (non-hydrogen) atoms. The summed E-state index contributed by atoms with van der Waals surface area (Å²) in [6.45, 7) is -1.23. The Morgan fingerprint density at radius 1 is 0.565 bits per heavy atom. The molecule has 240 valence electrons. The van der Waals surface area contributed by atoms with Crippen LogP contribution in [0.4, 0.5) is 0 Å². The van der Waals surface area contributed by atoms with Crippen molar-refractivity contribution in [2.24, 2.45) is 5.92 Å². The van der Waals surface area contributed by atoms with Crippen LogP contribution in [0.2, 0.25) is 0 Å². The number of aliphatic hydroxyl groups excluding tert-OH is 2. The molecule has 0 saturated carbocycles. The molecular formula is C28H20O18. The minimum absolute atomic E-state index is 0.0352. The molecule has 4 aliphatic rings. The van der Waals surface area contributed by atoms with Gasteiger partial charge in [-0.15, -0.1) is 0 Å². The van der Waals surface area contributed by atoms with Gasteiger partial charge in [-0.1, -0.05) is 0 Å². The van der Waals surface area contributed by atoms with E-state index in [4.69, 9.17) is 14.2 Å². The molecule has 5 unspecified atom stereocenters. The number of hydrogen-bond acceptors (Lipinski definition) is 18. The lowest BCUT2D eigenvalue weighted by Gasteiger charge is -2.40. The summed E-state index contributed by atoms with van der Waals surface area (Å²) >= 11 is 0. The van der Waals surface area contributed by atoms with Crippen molar-refractivity contribution in [1.82, 2.24) is 0 Å². The highest BCUT2D eigenvalue weighted by Crippen LogP contribution is 2.61. The molecular weight excluding hydrogens is 624 g/mol. The van der Waals surface area contributed by atoms with Crippen LogP contribution in [0, 0.1) is 5.92 Å². The number of benzene rings is 3. The zero-order valence-corrected chi connectivity index (χ0v) is 22.5. The largest absolute Gasteiger partial charge is 0.504 e. The van der Waals surface area contributed by atoms with Crippen molar-refractivity contribution in [2.45, 2.75) is 24.4 Å². The number of phenols is 9. The fourth-order valence-electron chi connectivity index (χ4n) is 5.91. The van der Waals surface area contributed by atoms with Crippen molar-refractivity contribution in [2.75, 3.05) is 6.61 Å². The molecule has 0 amide bonds. The van der Waals surface area contributed by atoms with E-state index in [9.17, 15) is 75.3 Å². The van der Waals surface area contributed by atoms with Crippen LogP contribution in [-0.4, -0.2) is 105 Å². The molecule has 7 rings (SSSR count). The lowest BCUT2D eigenvalue weighted by atomic mass is 9.79. The second kappa shape index (κ2) is 9.94. The molecule has 0 aromatic heterocycles. The predicted molar refractivity (Wildman–Crippen MR) is 142 cm³/mol. The van der Waals surface area contributed by atoms with E-state index in [0.717, 1.165) is 0 Å². The van der Waals surface area contributed by atoms with E-state index in [2.05, 4.69) is 0 Å². The first-order chi connectivity index (χ1) is 21.7. The molecule has 3 aromatic carbocycles. The molecule has 18 heteroatoms. The van der Waals surface area contributed by atoms with Crippen molar-refractivity contribution in [3.05, 3.63) is 28.3 Å². The van der Waals surface area contributed by atoms with Crippen LogP contribution in [-0.2, 0) is 19.0 Å². The van der Waals surface area contributed by atoms with Crippen LogP contribution in [0.1, 0.15) is 42.7 Å². The summed E-state index contributed by atoms with van der Waals surface area (Å²) in [4.78, 5) is 53.3. The van der Waals surface area contributed by atoms with E-state index in [1.165, 1.54) is 0 Å². The smallest absolute Gasteiger partial charge is 0.342 e. The zero-order valence-electron chi connectivity index (χ0n) is 22.5. The first-order valence-corrected chi connectivity index (χ1v) is 12.9. The first-order valence-electron chi connectivity index (χ1n) is 12.9. The molecule has 0 fully saturated rings. The van der Waals surface area contributed by atoms with Gasteiger partial charge in [0.25, 0.3) is 0 Å². The average Bonchev–Trinajstić information content (AvgIpc) is 3.02. The van der Waals surface area contributed by atoms with Crippen LogP contribution in [0.3, 0.4) is 0 Å². The fraction of sp³-hybridized carbons (Fsp3) is 0.214. The molecule has 4 aliphatic heterocycles. The van der Waals surface area contributed by atoms with Crippen LogP contribution in [0.25, 0.3) is 22.3 Å². The van der Waals surface area contributed by atoms with Crippen molar-refractivity contribution in [3.63, 3.8) is 0 Å². The van der Waals surface area contributed by atoms with Gasteiger partial charge in [-0.2, -0.15) is 0 Å². The average molecular weight is 644 g/mol. The fourth-order valence-corrected chi connectivity index (χ4v) is 5.91. The molecule has 18 nitrogen and oxygen atoms in total. The summed E-state index contributed by atoms with van der Waals surface area (Å²) in [5.74, 6) is -19.8. The number of rotatable bonds is 2. The standard InChI is InChI=1S/C28H20O18/c29-2-6-7(3-30)44-26(41)5-1-4(14(31)21(38)15(5)32)8-11-9(17(34)22(39)16(8)33)10-12-13(19(36)23(40)18(10)35)20(37)25(46-28(12)43)24(6)45-27(11)42/h1-2,6-7,20,24-25,30-40H,3H2. The number of phenolic OH excluding ortho intramolecular Hbond substituents is 9. The Balaban J connectivity index is 1.93. The summed E-state index contributed by atoms with van der Waals surface area (Å²) in [7, 11) is 0. The minimum atomic E-state index is -2.33. The molecule has 4 heterocycles. The highest BCUT2D eigenvalue weighted by atomic mass is 16.6. The highest BCUT2D eigenvalue weighted by Gasteiger charge is 2.53. The van der Waals surface area contributed by atoms with E-state index in [1.54, 1.807) is 0 Å². The summed E-state index contributed by atoms with van der Waals surface area (Å²) in [6.07, 6.45) is -8.87. The number of esters is 3. The van der Waals surface area contributed by atoms with Crippen LogP contribution in [0.5, 0.6) is 51.7 Å². The van der Waals surface area contributed by atoms with Crippen LogP contribution < -0.4 is 0 Å². The van der Waals surface area contributed by atoms with Crippen LogP contribution >= 0.6 is 0 Å². The SMILES string of the molecule is O=CC1C(CO)OC(=O)c2cc(c(O)c(O)c2O)-c2c(O)c(O)c(O)c3c2C(=O)OC1C1OC(=O)c2c-3c(O)c(O)c(O)c2C1O. The Labute approximate surface area is 253 Å².